The molecule has 0 amide bonds. The van der Waals surface area contributed by atoms with Crippen molar-refractivity contribution in [3.63, 3.8) is 0 Å². The molecule has 0 aliphatic carbocycles. The molecule has 0 fully saturated rings. The van der Waals surface area contributed by atoms with E-state index >= 15 is 0 Å². The monoisotopic (exact) mass is 238 g/mol. The molecule has 1 aliphatic rings. The predicted octanol–water partition coefficient (Wildman–Crippen LogP) is 2.02. The molecule has 86 valence electrons. The van der Waals surface area contributed by atoms with E-state index in [1.165, 1.54) is 5.56 Å². The Morgan fingerprint density at radius 3 is 2.69 bits per heavy atom. The van der Waals surface area contributed by atoms with E-state index in [0.717, 1.165) is 30.2 Å². The Labute approximate surface area is 100 Å². The van der Waals surface area contributed by atoms with Crippen molar-refractivity contribution in [2.75, 3.05) is 6.61 Å². The second-order valence-electron chi connectivity index (χ2n) is 3.79. The first-order valence-corrected chi connectivity index (χ1v) is 5.71. The number of hydrazine groups is 1. The number of benzene rings is 1. The van der Waals surface area contributed by atoms with Crippen LogP contribution in [0.3, 0.4) is 0 Å². The fourth-order valence-corrected chi connectivity index (χ4v) is 1.90. The summed E-state index contributed by atoms with van der Waals surface area (Å²) < 4.78 is 5.49. The summed E-state index contributed by atoms with van der Waals surface area (Å²) in [5.41, 5.74) is 3.96. The zero-order valence-electron chi connectivity index (χ0n) is 8.95. The van der Waals surface area contributed by atoms with Crippen LogP contribution in [-0.2, 0) is 11.2 Å². The Hall–Kier alpha value is -1.03. The number of nitrogens with one attached hydrogen (secondary N) is 1. The molecule has 1 aliphatic heterocycles. The molecule has 3 nitrogen and oxygen atoms in total. The van der Waals surface area contributed by atoms with E-state index in [1.807, 2.05) is 24.3 Å². The van der Waals surface area contributed by atoms with Crippen LogP contribution in [-0.4, -0.2) is 12.6 Å². The SMILES string of the molecule is NNC(Cc1ccc(Cl)cc1)C1=CCCO1. The van der Waals surface area contributed by atoms with E-state index < -0.39 is 0 Å². The van der Waals surface area contributed by atoms with Gasteiger partial charge in [-0.2, -0.15) is 0 Å². The van der Waals surface area contributed by atoms with Crippen molar-refractivity contribution in [3.05, 3.63) is 46.7 Å². The predicted molar refractivity (Wildman–Crippen MR) is 64.9 cm³/mol. The summed E-state index contributed by atoms with van der Waals surface area (Å²) >= 11 is 5.83. The maximum Gasteiger partial charge on any atom is 0.111 e. The summed E-state index contributed by atoms with van der Waals surface area (Å²) in [5, 5.41) is 0.748. The highest BCUT2D eigenvalue weighted by Crippen LogP contribution is 2.18. The van der Waals surface area contributed by atoms with Gasteiger partial charge in [0.2, 0.25) is 0 Å². The number of nitrogens with two attached hydrogens (primary N) is 1. The third kappa shape index (κ3) is 2.76. The molecule has 2 rings (SSSR count). The molecule has 0 radical (unpaired) electrons. The van der Waals surface area contributed by atoms with Crippen LogP contribution >= 0.6 is 11.6 Å². The van der Waals surface area contributed by atoms with Gasteiger partial charge in [-0.15, -0.1) is 0 Å². The molecule has 4 heteroatoms. The molecule has 1 heterocycles. The lowest BCUT2D eigenvalue weighted by Gasteiger charge is -2.17. The first-order valence-electron chi connectivity index (χ1n) is 5.33. The van der Waals surface area contributed by atoms with E-state index in [0.29, 0.717) is 0 Å². The molecule has 0 bridgehead atoms. The van der Waals surface area contributed by atoms with Gasteiger partial charge in [-0.25, -0.2) is 5.43 Å². The summed E-state index contributed by atoms with van der Waals surface area (Å²) in [5.74, 6) is 6.48. The summed E-state index contributed by atoms with van der Waals surface area (Å²) in [6.07, 6.45) is 3.86. The highest BCUT2D eigenvalue weighted by Gasteiger charge is 2.17. The van der Waals surface area contributed by atoms with Crippen molar-refractivity contribution < 1.29 is 4.74 Å². The molecule has 0 spiro atoms. The minimum atomic E-state index is 0.0451. The maximum absolute atomic E-state index is 5.83. The maximum atomic E-state index is 5.83. The van der Waals surface area contributed by atoms with Crippen LogP contribution in [0.4, 0.5) is 0 Å². The van der Waals surface area contributed by atoms with Crippen LogP contribution < -0.4 is 11.3 Å². The average Bonchev–Trinajstić information content (AvgIpc) is 2.82. The molecule has 1 atom stereocenters. The minimum Gasteiger partial charge on any atom is -0.496 e. The van der Waals surface area contributed by atoms with Gasteiger partial charge in [-0.05, 0) is 30.2 Å². The Bertz CT molecular complexity index is 375. The lowest BCUT2D eigenvalue weighted by atomic mass is 10.0. The fraction of sp³-hybridized carbons (Fsp3) is 0.333. The Morgan fingerprint density at radius 2 is 2.12 bits per heavy atom. The van der Waals surface area contributed by atoms with Crippen molar-refractivity contribution in [1.29, 1.82) is 0 Å². The second kappa shape index (κ2) is 5.34. The smallest absolute Gasteiger partial charge is 0.111 e. The number of hydrogen-bond acceptors (Lipinski definition) is 3. The van der Waals surface area contributed by atoms with Crippen LogP contribution in [0.5, 0.6) is 0 Å². The van der Waals surface area contributed by atoms with Crippen LogP contribution in [0.1, 0.15) is 12.0 Å². The number of ether oxygens (including phenoxy) is 1. The number of rotatable bonds is 4. The van der Waals surface area contributed by atoms with Crippen molar-refractivity contribution in [2.24, 2.45) is 5.84 Å². The van der Waals surface area contributed by atoms with Gasteiger partial charge >= 0.3 is 0 Å². The van der Waals surface area contributed by atoms with Crippen LogP contribution in [0.25, 0.3) is 0 Å². The first kappa shape index (κ1) is 11.5. The van der Waals surface area contributed by atoms with Gasteiger partial charge in [0.1, 0.15) is 5.76 Å². The lowest BCUT2D eigenvalue weighted by molar-refractivity contribution is 0.214. The van der Waals surface area contributed by atoms with Crippen molar-refractivity contribution >= 4 is 11.6 Å². The summed E-state index contributed by atoms with van der Waals surface area (Å²) in [6, 6.07) is 7.82. The lowest BCUT2D eigenvalue weighted by Crippen LogP contribution is -2.38. The average molecular weight is 239 g/mol. The van der Waals surface area contributed by atoms with Gasteiger partial charge in [0.15, 0.2) is 0 Å². The van der Waals surface area contributed by atoms with Crippen LogP contribution in [0, 0.1) is 0 Å². The van der Waals surface area contributed by atoms with Crippen LogP contribution in [0.2, 0.25) is 5.02 Å². The quantitative estimate of drug-likeness (QED) is 0.623. The molecule has 1 aromatic carbocycles. The van der Waals surface area contributed by atoms with Gasteiger partial charge in [0, 0.05) is 11.4 Å². The summed E-state index contributed by atoms with van der Waals surface area (Å²) in [4.78, 5) is 0. The molecule has 0 aromatic heterocycles. The largest absolute Gasteiger partial charge is 0.496 e. The Morgan fingerprint density at radius 1 is 1.38 bits per heavy atom. The van der Waals surface area contributed by atoms with Gasteiger partial charge < -0.3 is 4.74 Å². The van der Waals surface area contributed by atoms with E-state index in [9.17, 15) is 0 Å². The van der Waals surface area contributed by atoms with Crippen molar-refractivity contribution in [1.82, 2.24) is 5.43 Å². The Kier molecular flexibility index (Phi) is 3.83. The standard InChI is InChI=1S/C12H15ClN2O/c13-10-5-3-9(4-6-10)8-11(15-14)12-2-1-7-16-12/h2-6,11,15H,1,7-8,14H2. The minimum absolute atomic E-state index is 0.0451. The molecule has 3 N–H and O–H groups in total. The van der Waals surface area contributed by atoms with Gasteiger partial charge in [0.05, 0.1) is 12.6 Å². The van der Waals surface area contributed by atoms with Crippen molar-refractivity contribution in [3.8, 4) is 0 Å². The zero-order chi connectivity index (χ0) is 11.4. The Balaban J connectivity index is 2.03. The molecule has 1 unspecified atom stereocenters. The molecule has 16 heavy (non-hydrogen) atoms. The molecule has 0 saturated carbocycles. The van der Waals surface area contributed by atoms with Gasteiger partial charge in [-0.1, -0.05) is 23.7 Å². The van der Waals surface area contributed by atoms with E-state index in [1.54, 1.807) is 0 Å². The third-order valence-electron chi connectivity index (χ3n) is 2.63. The van der Waals surface area contributed by atoms with E-state index in [-0.39, 0.29) is 6.04 Å². The van der Waals surface area contributed by atoms with Crippen molar-refractivity contribution in [2.45, 2.75) is 18.9 Å². The molecule has 0 saturated heterocycles. The van der Waals surface area contributed by atoms with Crippen LogP contribution in [0.15, 0.2) is 36.1 Å². The summed E-state index contributed by atoms with van der Waals surface area (Å²) in [7, 11) is 0. The third-order valence-corrected chi connectivity index (χ3v) is 2.88. The van der Waals surface area contributed by atoms with Gasteiger partial charge in [0.25, 0.3) is 0 Å². The topological polar surface area (TPSA) is 47.3 Å². The number of hydrogen-bond donors (Lipinski definition) is 2. The summed E-state index contributed by atoms with van der Waals surface area (Å²) in [6.45, 7) is 0.758. The molecular formula is C12H15ClN2O. The van der Waals surface area contributed by atoms with E-state index in [2.05, 4.69) is 11.5 Å². The van der Waals surface area contributed by atoms with E-state index in [4.69, 9.17) is 22.2 Å². The number of halogens is 1. The fourth-order valence-electron chi connectivity index (χ4n) is 1.78. The highest BCUT2D eigenvalue weighted by atomic mass is 35.5. The zero-order valence-corrected chi connectivity index (χ0v) is 9.70. The highest BCUT2D eigenvalue weighted by molar-refractivity contribution is 6.30. The van der Waals surface area contributed by atoms with Gasteiger partial charge in [-0.3, -0.25) is 5.84 Å². The first-order chi connectivity index (χ1) is 7.79. The second-order valence-corrected chi connectivity index (χ2v) is 4.23. The normalized spacial score (nSPS) is 16.8. The molecular weight excluding hydrogens is 224 g/mol. The molecule has 1 aromatic rings.